The molecule has 0 aromatic rings. The molecule has 6 nitrogen and oxygen atoms in total. The van der Waals surface area contributed by atoms with Crippen molar-refractivity contribution in [3.63, 3.8) is 0 Å². The minimum Gasteiger partial charge on any atom is -0.444 e. The Morgan fingerprint density at radius 1 is 1.25 bits per heavy atom. The van der Waals surface area contributed by atoms with Crippen LogP contribution in [0.1, 0.15) is 20.8 Å². The number of amides is 2. The molecule has 0 aromatic heterocycles. The minimum atomic E-state index is -0.526. The average Bonchev–Trinajstić information content (AvgIpc) is 2.80. The summed E-state index contributed by atoms with van der Waals surface area (Å²) in [5, 5.41) is 0. The van der Waals surface area contributed by atoms with Crippen molar-refractivity contribution < 1.29 is 19.1 Å². The van der Waals surface area contributed by atoms with E-state index in [1.54, 1.807) is 0 Å². The predicted octanol–water partition coefficient (Wildman–Crippen LogP) is 0.710. The van der Waals surface area contributed by atoms with E-state index in [9.17, 15) is 9.59 Å². The van der Waals surface area contributed by atoms with Crippen molar-refractivity contribution in [3.8, 4) is 0 Å². The maximum Gasteiger partial charge on any atom is 0.410 e. The summed E-state index contributed by atoms with van der Waals surface area (Å²) in [6.07, 6.45) is -0.398. The first-order chi connectivity index (χ1) is 9.37. The van der Waals surface area contributed by atoms with Gasteiger partial charge < -0.3 is 14.4 Å². The number of rotatable bonds is 1. The van der Waals surface area contributed by atoms with Crippen LogP contribution >= 0.6 is 0 Å². The molecule has 1 aliphatic carbocycles. The standard InChI is InChI=1S/C14H22N2O4/c1-14(2,3)20-13(18)15-4-5-16(11(17)6-15)12-9-7-19-8-10(9)12/h9-10,12H,4-8H2,1-3H3. The molecule has 2 unspecified atom stereocenters. The SMILES string of the molecule is CC(C)(C)OC(=O)N1CCN(C2C3COCC32)C(=O)C1. The van der Waals surface area contributed by atoms with Crippen LogP contribution in [0, 0.1) is 11.8 Å². The summed E-state index contributed by atoms with van der Waals surface area (Å²) in [6, 6.07) is 0.344. The maximum atomic E-state index is 12.2. The molecule has 112 valence electrons. The Hall–Kier alpha value is -1.30. The zero-order valence-electron chi connectivity index (χ0n) is 12.3. The Morgan fingerprint density at radius 2 is 1.90 bits per heavy atom. The van der Waals surface area contributed by atoms with Gasteiger partial charge in [0.1, 0.15) is 12.1 Å². The first-order valence-electron chi connectivity index (χ1n) is 7.22. The highest BCUT2D eigenvalue weighted by Gasteiger charge is 2.58. The van der Waals surface area contributed by atoms with Gasteiger partial charge in [0.05, 0.1) is 13.2 Å². The van der Waals surface area contributed by atoms with Gasteiger partial charge in [0.15, 0.2) is 0 Å². The van der Waals surface area contributed by atoms with Gasteiger partial charge in [-0.3, -0.25) is 9.69 Å². The van der Waals surface area contributed by atoms with E-state index < -0.39 is 11.7 Å². The second kappa shape index (κ2) is 4.62. The van der Waals surface area contributed by atoms with Crippen LogP contribution in [-0.4, -0.2) is 66.3 Å². The lowest BCUT2D eigenvalue weighted by molar-refractivity contribution is -0.137. The monoisotopic (exact) mass is 282 g/mol. The number of fused-ring (bicyclic) bond motifs is 1. The largest absolute Gasteiger partial charge is 0.444 e. The number of ether oxygens (including phenoxy) is 2. The highest BCUT2D eigenvalue weighted by molar-refractivity contribution is 5.84. The fourth-order valence-corrected chi connectivity index (χ4v) is 3.16. The Bertz CT molecular complexity index is 421. The van der Waals surface area contributed by atoms with Crippen molar-refractivity contribution >= 4 is 12.0 Å². The Kier molecular flexibility index (Phi) is 3.16. The van der Waals surface area contributed by atoms with Crippen molar-refractivity contribution in [1.29, 1.82) is 0 Å². The molecule has 0 N–H and O–H groups in total. The molecule has 2 aliphatic heterocycles. The summed E-state index contributed by atoms with van der Waals surface area (Å²) in [4.78, 5) is 27.6. The summed E-state index contributed by atoms with van der Waals surface area (Å²) >= 11 is 0. The molecule has 2 amide bonds. The van der Waals surface area contributed by atoms with Crippen LogP contribution in [0.25, 0.3) is 0 Å². The smallest absolute Gasteiger partial charge is 0.410 e. The molecule has 3 aliphatic rings. The summed E-state index contributed by atoms with van der Waals surface area (Å²) in [6.45, 7) is 8.32. The Balaban J connectivity index is 1.55. The van der Waals surface area contributed by atoms with Gasteiger partial charge in [-0.25, -0.2) is 4.79 Å². The fourth-order valence-electron chi connectivity index (χ4n) is 3.16. The molecule has 3 fully saturated rings. The highest BCUT2D eigenvalue weighted by Crippen LogP contribution is 2.48. The summed E-state index contributed by atoms with van der Waals surface area (Å²) < 4.78 is 10.7. The van der Waals surface area contributed by atoms with Gasteiger partial charge in [0, 0.05) is 31.0 Å². The van der Waals surface area contributed by atoms with Crippen LogP contribution in [0.5, 0.6) is 0 Å². The van der Waals surface area contributed by atoms with Crippen LogP contribution in [0.2, 0.25) is 0 Å². The van der Waals surface area contributed by atoms with Gasteiger partial charge in [0.2, 0.25) is 5.91 Å². The van der Waals surface area contributed by atoms with Gasteiger partial charge in [-0.1, -0.05) is 0 Å². The molecule has 0 spiro atoms. The van der Waals surface area contributed by atoms with E-state index in [2.05, 4.69) is 0 Å². The fraction of sp³-hybridized carbons (Fsp3) is 0.857. The average molecular weight is 282 g/mol. The number of hydrogen-bond acceptors (Lipinski definition) is 4. The van der Waals surface area contributed by atoms with Crippen LogP contribution in [0.15, 0.2) is 0 Å². The second-order valence-corrected chi connectivity index (χ2v) is 6.84. The van der Waals surface area contributed by atoms with E-state index in [0.717, 1.165) is 13.2 Å². The van der Waals surface area contributed by atoms with E-state index in [1.165, 1.54) is 4.90 Å². The number of piperazine rings is 1. The van der Waals surface area contributed by atoms with Gasteiger partial charge in [-0.15, -0.1) is 0 Å². The lowest BCUT2D eigenvalue weighted by Crippen LogP contribution is -2.54. The van der Waals surface area contributed by atoms with Gasteiger partial charge in [-0.2, -0.15) is 0 Å². The quantitative estimate of drug-likeness (QED) is 0.711. The number of carbonyl (C=O) groups is 2. The predicted molar refractivity (Wildman–Crippen MR) is 71.1 cm³/mol. The van der Waals surface area contributed by atoms with Crippen LogP contribution in [0.4, 0.5) is 4.79 Å². The molecule has 0 radical (unpaired) electrons. The van der Waals surface area contributed by atoms with Crippen LogP contribution < -0.4 is 0 Å². The van der Waals surface area contributed by atoms with E-state index in [-0.39, 0.29) is 12.5 Å². The molecule has 2 saturated heterocycles. The van der Waals surface area contributed by atoms with Crippen LogP contribution in [0.3, 0.4) is 0 Å². The zero-order valence-corrected chi connectivity index (χ0v) is 12.3. The molecule has 6 heteroatoms. The summed E-state index contributed by atoms with van der Waals surface area (Å²) in [5.41, 5.74) is -0.526. The molecular formula is C14H22N2O4. The van der Waals surface area contributed by atoms with E-state index in [1.807, 2.05) is 25.7 Å². The molecule has 20 heavy (non-hydrogen) atoms. The van der Waals surface area contributed by atoms with Gasteiger partial charge >= 0.3 is 6.09 Å². The first-order valence-corrected chi connectivity index (χ1v) is 7.22. The Morgan fingerprint density at radius 3 is 2.45 bits per heavy atom. The van der Waals surface area contributed by atoms with E-state index in [4.69, 9.17) is 9.47 Å². The lowest BCUT2D eigenvalue weighted by Gasteiger charge is -2.36. The maximum absolute atomic E-state index is 12.2. The molecule has 2 atom stereocenters. The first kappa shape index (κ1) is 13.7. The van der Waals surface area contributed by atoms with Crippen molar-refractivity contribution in [2.24, 2.45) is 11.8 Å². The number of hydrogen-bond donors (Lipinski definition) is 0. The highest BCUT2D eigenvalue weighted by atomic mass is 16.6. The third-order valence-electron chi connectivity index (χ3n) is 4.18. The lowest BCUT2D eigenvalue weighted by atomic mass is 10.2. The molecule has 1 saturated carbocycles. The molecule has 2 heterocycles. The van der Waals surface area contributed by atoms with Crippen molar-refractivity contribution in [2.75, 3.05) is 32.8 Å². The van der Waals surface area contributed by atoms with Gasteiger partial charge in [0.25, 0.3) is 0 Å². The van der Waals surface area contributed by atoms with Crippen molar-refractivity contribution in [2.45, 2.75) is 32.4 Å². The van der Waals surface area contributed by atoms with E-state index >= 15 is 0 Å². The Labute approximate surface area is 119 Å². The minimum absolute atomic E-state index is 0.0292. The topological polar surface area (TPSA) is 59.1 Å². The summed E-state index contributed by atoms with van der Waals surface area (Å²) in [5.74, 6) is 1.07. The molecule has 3 rings (SSSR count). The zero-order chi connectivity index (χ0) is 14.5. The van der Waals surface area contributed by atoms with Crippen molar-refractivity contribution in [3.05, 3.63) is 0 Å². The molecule has 0 bridgehead atoms. The number of carbonyl (C=O) groups excluding carboxylic acids is 2. The third-order valence-corrected chi connectivity index (χ3v) is 4.18. The van der Waals surface area contributed by atoms with Crippen molar-refractivity contribution in [1.82, 2.24) is 9.80 Å². The normalized spacial score (nSPS) is 33.1. The van der Waals surface area contributed by atoms with Gasteiger partial charge in [-0.05, 0) is 20.8 Å². The molecule has 0 aromatic carbocycles. The van der Waals surface area contributed by atoms with Crippen LogP contribution in [-0.2, 0) is 14.3 Å². The summed E-state index contributed by atoms with van der Waals surface area (Å²) in [7, 11) is 0. The second-order valence-electron chi connectivity index (χ2n) is 6.84. The number of nitrogens with zero attached hydrogens (tertiary/aromatic N) is 2. The van der Waals surface area contributed by atoms with E-state index in [0.29, 0.717) is 31.0 Å². The molecular weight excluding hydrogens is 260 g/mol. The third kappa shape index (κ3) is 2.49.